The van der Waals surface area contributed by atoms with Crippen LogP contribution in [0.15, 0.2) is 48.0 Å². The quantitative estimate of drug-likeness (QED) is 0.326. The zero-order valence-corrected chi connectivity index (χ0v) is 19.1. The Kier molecular flexibility index (Phi) is 9.78. The first-order valence-corrected chi connectivity index (χ1v) is 10.6. The fraction of sp³-hybridized carbons (Fsp3) is 0.444. The smallest absolute Gasteiger partial charge is 0.191 e. The Morgan fingerprint density at radius 2 is 1.93 bits per heavy atom. The maximum atomic E-state index is 11.3. The second kappa shape index (κ2) is 11.3. The first kappa shape index (κ1) is 23.4. The minimum Gasteiger partial charge on any atom is -0.354 e. The van der Waals surface area contributed by atoms with E-state index in [9.17, 15) is 8.42 Å². The van der Waals surface area contributed by atoms with Crippen molar-refractivity contribution in [2.45, 2.75) is 32.5 Å². The van der Waals surface area contributed by atoms with Gasteiger partial charge in [0, 0.05) is 44.8 Å². The Bertz CT molecular complexity index is 805. The average molecular weight is 505 g/mol. The lowest BCUT2D eigenvalue weighted by Gasteiger charge is -2.17. The first-order valence-electron chi connectivity index (χ1n) is 8.54. The van der Waals surface area contributed by atoms with Crippen molar-refractivity contribution < 1.29 is 8.42 Å². The summed E-state index contributed by atoms with van der Waals surface area (Å²) in [6.45, 7) is 3.39. The van der Waals surface area contributed by atoms with Gasteiger partial charge in [-0.1, -0.05) is 24.3 Å². The molecule has 150 valence electrons. The molecule has 0 spiro atoms. The van der Waals surface area contributed by atoms with Crippen LogP contribution in [0.25, 0.3) is 0 Å². The van der Waals surface area contributed by atoms with Gasteiger partial charge in [0.25, 0.3) is 0 Å². The van der Waals surface area contributed by atoms with Gasteiger partial charge < -0.3 is 15.2 Å². The summed E-state index contributed by atoms with van der Waals surface area (Å²) < 4.78 is 24.5. The van der Waals surface area contributed by atoms with Crippen LogP contribution in [-0.2, 0) is 22.9 Å². The van der Waals surface area contributed by atoms with Crippen LogP contribution in [0.1, 0.15) is 24.5 Å². The number of nitrogens with zero attached hydrogens (tertiary/aromatic N) is 3. The standard InChI is InChI=1S/C18H27N5O2S.HI/c1-15(8-11-26(3,24)25)22-18(19-2)21-12-16-4-6-17(7-5-16)13-23-10-9-20-14-23;/h4-7,9-10,14-15H,8,11-13H2,1-3H3,(H2,19,21,22);1H. The van der Waals surface area contributed by atoms with E-state index >= 15 is 0 Å². The van der Waals surface area contributed by atoms with E-state index in [-0.39, 0.29) is 35.8 Å². The zero-order chi connectivity index (χ0) is 19.0. The molecule has 9 heteroatoms. The minimum absolute atomic E-state index is 0. The van der Waals surface area contributed by atoms with Crippen molar-refractivity contribution in [3.8, 4) is 0 Å². The molecule has 1 aromatic heterocycles. The molecular weight excluding hydrogens is 477 g/mol. The summed E-state index contributed by atoms with van der Waals surface area (Å²) in [4.78, 5) is 8.23. The van der Waals surface area contributed by atoms with Gasteiger partial charge in [0.05, 0.1) is 12.1 Å². The van der Waals surface area contributed by atoms with Gasteiger partial charge in [0.15, 0.2) is 5.96 Å². The van der Waals surface area contributed by atoms with Crippen LogP contribution in [0, 0.1) is 0 Å². The molecule has 1 atom stereocenters. The van der Waals surface area contributed by atoms with Crippen LogP contribution >= 0.6 is 24.0 Å². The Balaban J connectivity index is 0.00000364. The second-order valence-corrected chi connectivity index (χ2v) is 8.70. The van der Waals surface area contributed by atoms with Crippen LogP contribution in [-0.4, -0.2) is 49.0 Å². The molecule has 0 saturated carbocycles. The molecule has 2 N–H and O–H groups in total. The molecule has 0 fully saturated rings. The van der Waals surface area contributed by atoms with Crippen molar-refractivity contribution in [3.05, 3.63) is 54.1 Å². The van der Waals surface area contributed by atoms with E-state index < -0.39 is 9.84 Å². The predicted molar refractivity (Wildman–Crippen MR) is 120 cm³/mol. The van der Waals surface area contributed by atoms with E-state index in [2.05, 4.69) is 44.9 Å². The third-order valence-corrected chi connectivity index (χ3v) is 4.91. The van der Waals surface area contributed by atoms with Gasteiger partial charge in [-0.2, -0.15) is 0 Å². The Morgan fingerprint density at radius 3 is 2.48 bits per heavy atom. The Hall–Kier alpha value is -1.62. The van der Waals surface area contributed by atoms with Crippen molar-refractivity contribution in [2.75, 3.05) is 19.1 Å². The number of hydrogen-bond donors (Lipinski definition) is 2. The Labute approximate surface area is 178 Å². The molecule has 0 saturated heterocycles. The molecule has 0 radical (unpaired) electrons. The highest BCUT2D eigenvalue weighted by Crippen LogP contribution is 2.06. The maximum absolute atomic E-state index is 11.3. The molecular formula is C18H28IN5O2S. The van der Waals surface area contributed by atoms with E-state index in [0.29, 0.717) is 18.9 Å². The lowest BCUT2D eigenvalue weighted by Crippen LogP contribution is -2.42. The van der Waals surface area contributed by atoms with Crippen LogP contribution in [0.2, 0.25) is 0 Å². The molecule has 0 bridgehead atoms. The second-order valence-electron chi connectivity index (χ2n) is 6.44. The topological polar surface area (TPSA) is 88.4 Å². The molecule has 0 aliphatic rings. The van der Waals surface area contributed by atoms with Crippen molar-refractivity contribution in [2.24, 2.45) is 4.99 Å². The molecule has 2 rings (SSSR count). The van der Waals surface area contributed by atoms with E-state index in [0.717, 1.165) is 12.1 Å². The van der Waals surface area contributed by atoms with Gasteiger partial charge in [-0.05, 0) is 24.5 Å². The van der Waals surface area contributed by atoms with Crippen LogP contribution in [0.5, 0.6) is 0 Å². The van der Waals surface area contributed by atoms with Gasteiger partial charge in [-0.15, -0.1) is 24.0 Å². The zero-order valence-electron chi connectivity index (χ0n) is 15.9. The molecule has 0 aliphatic heterocycles. The van der Waals surface area contributed by atoms with E-state index in [4.69, 9.17) is 0 Å². The monoisotopic (exact) mass is 505 g/mol. The van der Waals surface area contributed by atoms with Gasteiger partial charge in [0.1, 0.15) is 9.84 Å². The summed E-state index contributed by atoms with van der Waals surface area (Å²) in [5.41, 5.74) is 2.36. The number of halogens is 1. The molecule has 1 unspecified atom stereocenters. The lowest BCUT2D eigenvalue weighted by molar-refractivity contribution is 0.581. The lowest BCUT2D eigenvalue weighted by atomic mass is 10.1. The number of benzene rings is 1. The number of aromatic nitrogens is 2. The maximum Gasteiger partial charge on any atom is 0.191 e. The van der Waals surface area contributed by atoms with Crippen molar-refractivity contribution in [3.63, 3.8) is 0 Å². The van der Waals surface area contributed by atoms with Crippen LogP contribution in [0.3, 0.4) is 0 Å². The number of nitrogens with one attached hydrogen (secondary N) is 2. The highest BCUT2D eigenvalue weighted by molar-refractivity contribution is 14.0. The number of rotatable bonds is 8. The fourth-order valence-electron chi connectivity index (χ4n) is 2.43. The highest BCUT2D eigenvalue weighted by Gasteiger charge is 2.09. The molecule has 1 heterocycles. The van der Waals surface area contributed by atoms with E-state index in [1.54, 1.807) is 19.6 Å². The molecule has 0 amide bonds. The fourth-order valence-corrected chi connectivity index (χ4v) is 3.21. The summed E-state index contributed by atoms with van der Waals surface area (Å²) in [7, 11) is -1.24. The van der Waals surface area contributed by atoms with Gasteiger partial charge in [-0.25, -0.2) is 13.4 Å². The molecule has 7 nitrogen and oxygen atoms in total. The molecule has 2 aromatic rings. The van der Waals surface area contributed by atoms with Gasteiger partial charge >= 0.3 is 0 Å². The number of imidazole rings is 1. The predicted octanol–water partition coefficient (Wildman–Crippen LogP) is 2.04. The van der Waals surface area contributed by atoms with Crippen molar-refractivity contribution >= 4 is 39.8 Å². The number of hydrogen-bond acceptors (Lipinski definition) is 4. The Morgan fingerprint density at radius 1 is 1.26 bits per heavy atom. The summed E-state index contributed by atoms with van der Waals surface area (Å²) in [6, 6.07) is 8.39. The molecule has 0 aliphatic carbocycles. The summed E-state index contributed by atoms with van der Waals surface area (Å²) >= 11 is 0. The number of guanidine groups is 1. The number of sulfone groups is 1. The third-order valence-electron chi connectivity index (χ3n) is 3.94. The van der Waals surface area contributed by atoms with E-state index in [1.807, 2.05) is 17.7 Å². The molecule has 27 heavy (non-hydrogen) atoms. The summed E-state index contributed by atoms with van der Waals surface area (Å²) in [5.74, 6) is 0.824. The van der Waals surface area contributed by atoms with Gasteiger partial charge in [-0.3, -0.25) is 4.99 Å². The van der Waals surface area contributed by atoms with E-state index in [1.165, 1.54) is 11.8 Å². The van der Waals surface area contributed by atoms with Crippen LogP contribution < -0.4 is 10.6 Å². The normalized spacial score (nSPS) is 12.9. The molecule has 1 aromatic carbocycles. The van der Waals surface area contributed by atoms with Gasteiger partial charge in [0.2, 0.25) is 0 Å². The highest BCUT2D eigenvalue weighted by atomic mass is 127. The third kappa shape index (κ3) is 9.23. The average Bonchev–Trinajstić information content (AvgIpc) is 3.10. The summed E-state index contributed by atoms with van der Waals surface area (Å²) in [6.07, 6.45) is 7.31. The number of aliphatic imine (C=N–C) groups is 1. The largest absolute Gasteiger partial charge is 0.354 e. The first-order chi connectivity index (χ1) is 12.4. The summed E-state index contributed by atoms with van der Waals surface area (Å²) in [5, 5.41) is 6.47. The van der Waals surface area contributed by atoms with Crippen LogP contribution in [0.4, 0.5) is 0 Å². The minimum atomic E-state index is -2.95. The SMILES string of the molecule is CN=C(NCc1ccc(Cn2ccnc2)cc1)NC(C)CCS(C)(=O)=O.I. The van der Waals surface area contributed by atoms with Crippen molar-refractivity contribution in [1.29, 1.82) is 0 Å². The van der Waals surface area contributed by atoms with Crippen molar-refractivity contribution in [1.82, 2.24) is 20.2 Å².